The first-order valence-electron chi connectivity index (χ1n) is 19.3. The summed E-state index contributed by atoms with van der Waals surface area (Å²) in [4.78, 5) is 34.8. The third kappa shape index (κ3) is 35.8. The number of esters is 2. The minimum atomic E-state index is -4.62. The number of allylic oxidation sites excluding steroid dienone is 10. The lowest BCUT2D eigenvalue weighted by molar-refractivity contribution is -0.161. The summed E-state index contributed by atoms with van der Waals surface area (Å²) in [5.74, 6) is -0.969. The van der Waals surface area contributed by atoms with Gasteiger partial charge in [0.2, 0.25) is 0 Å². The van der Waals surface area contributed by atoms with Crippen molar-refractivity contribution in [2.24, 2.45) is 0 Å². The number of unbranched alkanes of at least 4 members (excludes halogenated alkanes) is 14. The number of hydrogen-bond donors (Lipinski definition) is 3. The third-order valence-corrected chi connectivity index (χ3v) is 8.70. The maximum atomic E-state index is 12.5. The Morgan fingerprint density at radius 1 is 0.608 bits per heavy atom. The molecule has 0 saturated heterocycles. The molecule has 0 aromatic carbocycles. The number of aliphatic hydroxyl groups excluding tert-OH is 2. The van der Waals surface area contributed by atoms with E-state index in [4.69, 9.17) is 19.1 Å². The van der Waals surface area contributed by atoms with Crippen molar-refractivity contribution in [3.8, 4) is 0 Å². The van der Waals surface area contributed by atoms with Crippen molar-refractivity contribution in [2.45, 2.75) is 154 Å². The van der Waals surface area contributed by atoms with Gasteiger partial charge in [0.1, 0.15) is 12.7 Å². The molecule has 10 nitrogen and oxygen atoms in total. The second-order valence-corrected chi connectivity index (χ2v) is 14.1. The molecule has 294 valence electrons. The molecule has 0 fully saturated rings. The van der Waals surface area contributed by atoms with E-state index < -0.39 is 51.8 Å². The van der Waals surface area contributed by atoms with Gasteiger partial charge in [0.15, 0.2) is 6.10 Å². The van der Waals surface area contributed by atoms with Gasteiger partial charge in [0.25, 0.3) is 0 Å². The Bertz CT molecular complexity index is 1040. The van der Waals surface area contributed by atoms with Gasteiger partial charge in [-0.1, -0.05) is 132 Å². The zero-order chi connectivity index (χ0) is 37.7. The lowest BCUT2D eigenvalue weighted by Gasteiger charge is -2.20. The van der Waals surface area contributed by atoms with Crippen molar-refractivity contribution in [2.75, 3.05) is 26.4 Å². The molecule has 11 heteroatoms. The van der Waals surface area contributed by atoms with Crippen molar-refractivity contribution < 1.29 is 47.8 Å². The summed E-state index contributed by atoms with van der Waals surface area (Å²) < 4.78 is 32.6. The zero-order valence-electron chi connectivity index (χ0n) is 31.5. The van der Waals surface area contributed by atoms with Crippen LogP contribution < -0.4 is 0 Å². The molecule has 0 amide bonds. The Kier molecular flexibility index (Phi) is 34.4. The molecular weight excluding hydrogens is 671 g/mol. The molecule has 3 atom stereocenters. The monoisotopic (exact) mass is 740 g/mol. The maximum absolute atomic E-state index is 12.5. The van der Waals surface area contributed by atoms with Gasteiger partial charge in [-0.25, -0.2) is 4.57 Å². The van der Waals surface area contributed by atoms with Gasteiger partial charge in [0, 0.05) is 12.8 Å². The molecule has 3 N–H and O–H groups in total. The van der Waals surface area contributed by atoms with E-state index in [9.17, 15) is 24.2 Å². The Balaban J connectivity index is 4.43. The van der Waals surface area contributed by atoms with Gasteiger partial charge < -0.3 is 24.6 Å². The number of aliphatic hydroxyl groups is 2. The fourth-order valence-corrected chi connectivity index (χ4v) is 5.55. The molecule has 0 bridgehead atoms. The maximum Gasteiger partial charge on any atom is 0.472 e. The fourth-order valence-electron chi connectivity index (χ4n) is 4.76. The van der Waals surface area contributed by atoms with Crippen LogP contribution in [-0.2, 0) is 32.7 Å². The summed E-state index contributed by atoms with van der Waals surface area (Å²) in [7, 11) is -4.62. The van der Waals surface area contributed by atoms with Crippen LogP contribution in [0.5, 0.6) is 0 Å². The second-order valence-electron chi connectivity index (χ2n) is 12.7. The summed E-state index contributed by atoms with van der Waals surface area (Å²) in [5.41, 5.74) is 0. The number of ether oxygens (including phenoxy) is 2. The second kappa shape index (κ2) is 36.0. The van der Waals surface area contributed by atoms with Crippen LogP contribution >= 0.6 is 7.82 Å². The molecule has 1 unspecified atom stereocenters. The van der Waals surface area contributed by atoms with Crippen molar-refractivity contribution in [1.82, 2.24) is 0 Å². The quantitative estimate of drug-likeness (QED) is 0.0189. The van der Waals surface area contributed by atoms with Gasteiger partial charge in [-0.05, 0) is 57.8 Å². The number of rotatable bonds is 35. The third-order valence-electron chi connectivity index (χ3n) is 7.75. The number of carbonyl (C=O) groups excluding carboxylic acids is 2. The molecule has 0 rings (SSSR count). The average Bonchev–Trinajstić information content (AvgIpc) is 3.12. The average molecular weight is 741 g/mol. The van der Waals surface area contributed by atoms with E-state index >= 15 is 0 Å². The summed E-state index contributed by atoms with van der Waals surface area (Å²) >= 11 is 0. The van der Waals surface area contributed by atoms with E-state index in [1.807, 2.05) is 36.5 Å². The highest BCUT2D eigenvalue weighted by Crippen LogP contribution is 2.43. The minimum absolute atomic E-state index is 0.166. The first kappa shape index (κ1) is 48.7. The molecule has 0 heterocycles. The fraction of sp³-hybridized carbons (Fsp3) is 0.700. The molecule has 0 aliphatic heterocycles. The van der Waals surface area contributed by atoms with E-state index in [0.717, 1.165) is 77.0 Å². The standard InChI is InChI=1S/C40H69O10P/c1-3-5-7-9-11-13-15-17-18-20-21-23-25-27-29-31-39(43)47-35-38(36-49-51(45,46)48-34-37(42)33-41)50-40(44)32-30-28-26-24-22-19-16-14-12-10-8-6-4-2/h5,7,9,11,13-18,37-38,41-42H,3-4,6,8,10,12,19-36H2,1-2H3,(H,45,46)/b7-5+,11-9+,15-13+,16-14+,18-17+/t37-,38+/m0/s1. The Morgan fingerprint density at radius 3 is 1.69 bits per heavy atom. The normalized spacial score (nSPS) is 14.7. The molecule has 51 heavy (non-hydrogen) atoms. The van der Waals surface area contributed by atoms with Crippen LogP contribution in [0, 0.1) is 0 Å². The Hall–Kier alpha value is -2.33. The van der Waals surface area contributed by atoms with Crippen molar-refractivity contribution in [1.29, 1.82) is 0 Å². The van der Waals surface area contributed by atoms with E-state index in [1.165, 1.54) is 25.7 Å². The first-order chi connectivity index (χ1) is 24.7. The van der Waals surface area contributed by atoms with E-state index in [1.54, 1.807) is 0 Å². The zero-order valence-corrected chi connectivity index (χ0v) is 32.4. The Labute approximate surface area is 308 Å². The summed E-state index contributed by atoms with van der Waals surface area (Å²) in [6.45, 7) is 2.16. The highest BCUT2D eigenvalue weighted by atomic mass is 31.2. The smallest absolute Gasteiger partial charge is 0.462 e. The molecule has 0 aromatic heterocycles. The largest absolute Gasteiger partial charge is 0.472 e. The highest BCUT2D eigenvalue weighted by Gasteiger charge is 2.27. The van der Waals surface area contributed by atoms with Crippen LogP contribution in [0.15, 0.2) is 60.8 Å². The SMILES string of the molecule is CC/C=C/C=C/C=C/C=C/CCCCCCCC(=O)OC[C@H](COP(=O)(O)OC[C@@H](O)CO)OC(=O)CCCCCCC/C=C/CCCCCC. The highest BCUT2D eigenvalue weighted by molar-refractivity contribution is 7.47. The predicted molar refractivity (Wildman–Crippen MR) is 205 cm³/mol. The van der Waals surface area contributed by atoms with Gasteiger partial charge in [0.05, 0.1) is 19.8 Å². The summed E-state index contributed by atoms with van der Waals surface area (Å²) in [6, 6.07) is 0. The predicted octanol–water partition coefficient (Wildman–Crippen LogP) is 9.55. The van der Waals surface area contributed by atoms with Gasteiger partial charge in [-0.2, -0.15) is 0 Å². The molecule has 0 aliphatic rings. The number of phosphoric ester groups is 1. The lowest BCUT2D eigenvalue weighted by Crippen LogP contribution is -2.29. The minimum Gasteiger partial charge on any atom is -0.462 e. The van der Waals surface area contributed by atoms with Crippen LogP contribution in [-0.4, -0.2) is 65.7 Å². The molecule has 0 saturated carbocycles. The topological polar surface area (TPSA) is 149 Å². The van der Waals surface area contributed by atoms with Crippen LogP contribution in [0.1, 0.15) is 142 Å². The molecule has 0 aromatic rings. The van der Waals surface area contributed by atoms with Gasteiger partial charge in [-0.3, -0.25) is 18.6 Å². The van der Waals surface area contributed by atoms with Crippen molar-refractivity contribution in [3.05, 3.63) is 60.8 Å². The number of carbonyl (C=O) groups is 2. The summed E-state index contributed by atoms with van der Waals surface area (Å²) in [6.07, 6.45) is 37.6. The van der Waals surface area contributed by atoms with Crippen molar-refractivity contribution in [3.63, 3.8) is 0 Å². The van der Waals surface area contributed by atoms with Gasteiger partial charge in [-0.15, -0.1) is 0 Å². The number of phosphoric acid groups is 1. The van der Waals surface area contributed by atoms with E-state index in [0.29, 0.717) is 12.8 Å². The summed E-state index contributed by atoms with van der Waals surface area (Å²) in [5, 5.41) is 18.3. The molecule has 0 spiro atoms. The van der Waals surface area contributed by atoms with E-state index in [-0.39, 0.29) is 19.4 Å². The Morgan fingerprint density at radius 2 is 1.10 bits per heavy atom. The van der Waals surface area contributed by atoms with Crippen LogP contribution in [0.25, 0.3) is 0 Å². The van der Waals surface area contributed by atoms with Crippen molar-refractivity contribution >= 4 is 19.8 Å². The van der Waals surface area contributed by atoms with Gasteiger partial charge >= 0.3 is 19.8 Å². The molecule has 0 aliphatic carbocycles. The lowest BCUT2D eigenvalue weighted by atomic mass is 10.1. The molecular formula is C40H69O10P. The molecule has 0 radical (unpaired) electrons. The van der Waals surface area contributed by atoms with Crippen LogP contribution in [0.3, 0.4) is 0 Å². The van der Waals surface area contributed by atoms with E-state index in [2.05, 4.69) is 42.7 Å². The van der Waals surface area contributed by atoms with Crippen LogP contribution in [0.2, 0.25) is 0 Å². The first-order valence-corrected chi connectivity index (χ1v) is 20.8. The van der Waals surface area contributed by atoms with Crippen LogP contribution in [0.4, 0.5) is 0 Å². The number of hydrogen-bond acceptors (Lipinski definition) is 9.